The summed E-state index contributed by atoms with van der Waals surface area (Å²) in [6, 6.07) is 0. The summed E-state index contributed by atoms with van der Waals surface area (Å²) < 4.78 is 35.2. The Morgan fingerprint density at radius 2 is 1.43 bits per heavy atom. The van der Waals surface area contributed by atoms with E-state index in [-0.39, 0.29) is 13.2 Å². The molecule has 2 saturated heterocycles. The molecule has 0 aromatic heterocycles. The van der Waals surface area contributed by atoms with Crippen LogP contribution in [0.2, 0.25) is 0 Å². The van der Waals surface area contributed by atoms with Gasteiger partial charge in [0.2, 0.25) is 0 Å². The Morgan fingerprint density at radius 1 is 0.838 bits per heavy atom. The van der Waals surface area contributed by atoms with E-state index in [0.29, 0.717) is 25.7 Å². The first kappa shape index (κ1) is 32.7. The van der Waals surface area contributed by atoms with Gasteiger partial charge in [0, 0.05) is 0 Å². The summed E-state index contributed by atoms with van der Waals surface area (Å²) in [6.07, 6.45) is -5.93. The molecule has 8 N–H and O–H groups in total. The zero-order valence-corrected chi connectivity index (χ0v) is 23.0. The predicted octanol–water partition coefficient (Wildman–Crippen LogP) is 0.0649. The molecule has 2 rings (SSSR count). The van der Waals surface area contributed by atoms with Crippen LogP contribution in [0.5, 0.6) is 0 Å². The maximum absolute atomic E-state index is 11.0. The number of rotatable bonds is 14. The van der Waals surface area contributed by atoms with E-state index < -0.39 is 73.4 Å². The molecule has 2 heterocycles. The average Bonchev–Trinajstić information content (AvgIpc) is 3.00. The Hall–Kier alpha value is -0.480. The highest BCUT2D eigenvalue weighted by atomic mass is 16.7. The van der Waals surface area contributed by atoms with Crippen LogP contribution >= 0.6 is 0 Å². The summed E-state index contributed by atoms with van der Waals surface area (Å²) in [5, 5.41) is 42.1. The lowest BCUT2D eigenvalue weighted by Gasteiger charge is -2.45. The molecule has 2 aliphatic rings. The molecule has 0 bridgehead atoms. The first-order valence-electron chi connectivity index (χ1n) is 13.6. The van der Waals surface area contributed by atoms with Gasteiger partial charge in [-0.1, -0.05) is 40.5 Å². The molecule has 2 fully saturated rings. The van der Waals surface area contributed by atoms with Crippen LogP contribution in [0.25, 0.3) is 0 Å². The lowest BCUT2D eigenvalue weighted by Crippen LogP contribution is -2.63. The van der Waals surface area contributed by atoms with Crippen molar-refractivity contribution < 1.29 is 48.8 Å². The first-order valence-corrected chi connectivity index (χ1v) is 13.6. The Bertz CT molecular complexity index is 663. The largest absolute Gasteiger partial charge is 0.394 e. The van der Waals surface area contributed by atoms with Gasteiger partial charge in [-0.3, -0.25) is 0 Å². The lowest BCUT2D eigenvalue weighted by molar-refractivity contribution is -0.329. The smallest absolute Gasteiger partial charge is 0.188 e. The fourth-order valence-corrected chi connectivity index (χ4v) is 4.59. The molecule has 0 amide bonds. The molecule has 2 aliphatic heterocycles. The van der Waals surface area contributed by atoms with E-state index in [0.717, 1.165) is 12.8 Å². The van der Waals surface area contributed by atoms with Gasteiger partial charge in [0.1, 0.15) is 48.1 Å². The quantitative estimate of drug-likeness (QED) is 0.163. The number of hydrogen-bond donors (Lipinski definition) is 6. The summed E-state index contributed by atoms with van der Waals surface area (Å²) in [4.78, 5) is 0. The van der Waals surface area contributed by atoms with E-state index in [1.807, 2.05) is 27.7 Å². The summed E-state index contributed by atoms with van der Waals surface area (Å²) in [6.45, 7) is 8.90. The first-order chi connectivity index (χ1) is 17.5. The molecule has 0 saturated carbocycles. The zero-order valence-electron chi connectivity index (χ0n) is 23.0. The Balaban J connectivity index is 2.11. The minimum absolute atomic E-state index is 0.0859. The van der Waals surface area contributed by atoms with E-state index in [9.17, 15) is 20.4 Å². The van der Waals surface area contributed by atoms with Crippen molar-refractivity contribution in [2.24, 2.45) is 11.5 Å². The van der Waals surface area contributed by atoms with Crippen LogP contribution in [0.1, 0.15) is 73.1 Å². The van der Waals surface area contributed by atoms with Gasteiger partial charge < -0.3 is 60.3 Å². The zero-order chi connectivity index (χ0) is 27.8. The van der Waals surface area contributed by atoms with Crippen LogP contribution in [-0.4, -0.2) is 107 Å². The molecule has 37 heavy (non-hydrogen) atoms. The molecule has 12 heteroatoms. The maximum atomic E-state index is 11.0. The van der Waals surface area contributed by atoms with Crippen LogP contribution in [0.4, 0.5) is 0 Å². The lowest BCUT2D eigenvalue weighted by atomic mass is 9.97. The Morgan fingerprint density at radius 3 is 1.97 bits per heavy atom. The van der Waals surface area contributed by atoms with Crippen LogP contribution in [-0.2, 0) is 28.4 Å². The summed E-state index contributed by atoms with van der Waals surface area (Å²) in [7, 11) is 0. The molecule has 0 radical (unpaired) electrons. The van der Waals surface area contributed by atoms with Gasteiger partial charge >= 0.3 is 0 Å². The molecular formula is C25H50N2O10. The van der Waals surface area contributed by atoms with E-state index >= 15 is 0 Å². The normalized spacial score (nSPS) is 38.5. The molecule has 11 atom stereocenters. The van der Waals surface area contributed by atoms with Crippen molar-refractivity contribution >= 4 is 0 Å². The third-order valence-corrected chi connectivity index (χ3v) is 7.16. The van der Waals surface area contributed by atoms with Crippen molar-refractivity contribution in [2.45, 2.75) is 140 Å². The van der Waals surface area contributed by atoms with Crippen molar-refractivity contribution in [1.29, 1.82) is 0 Å². The van der Waals surface area contributed by atoms with Gasteiger partial charge in [-0.05, 0) is 32.6 Å². The van der Waals surface area contributed by atoms with E-state index in [1.165, 1.54) is 0 Å². The molecule has 0 aromatic carbocycles. The van der Waals surface area contributed by atoms with Gasteiger partial charge in [0.15, 0.2) is 12.6 Å². The highest BCUT2D eigenvalue weighted by Crippen LogP contribution is 2.30. The molecule has 220 valence electrons. The van der Waals surface area contributed by atoms with E-state index in [2.05, 4.69) is 0 Å². The van der Waals surface area contributed by atoms with E-state index in [4.69, 9.17) is 39.9 Å². The monoisotopic (exact) mass is 538 g/mol. The molecule has 0 aliphatic carbocycles. The van der Waals surface area contributed by atoms with Crippen LogP contribution in [0.15, 0.2) is 0 Å². The average molecular weight is 539 g/mol. The Kier molecular flexibility index (Phi) is 13.1. The minimum Gasteiger partial charge on any atom is -0.394 e. The SMILES string of the molecule is CCCC(N)(CC)OC1OC(COC2OC(CO)C(O)C(OC(N)(CC)CCC)C2O)COC(C)C1O. The van der Waals surface area contributed by atoms with Crippen molar-refractivity contribution in [3.05, 3.63) is 0 Å². The second kappa shape index (κ2) is 14.8. The van der Waals surface area contributed by atoms with Crippen molar-refractivity contribution in [3.8, 4) is 0 Å². The third-order valence-electron chi connectivity index (χ3n) is 7.16. The standard InChI is InChI=1S/C25H50N2O10/c1-6-10-24(26,8-3)36-21-19(30)17(12-28)35-22(20(21)31)33-14-16-13-32-15(5)18(29)23(34-16)37-25(27,9-4)11-7-2/h15-23,28-31H,6-14,26-27H2,1-5H3. The van der Waals surface area contributed by atoms with Crippen molar-refractivity contribution in [3.63, 3.8) is 0 Å². The van der Waals surface area contributed by atoms with Crippen LogP contribution in [0.3, 0.4) is 0 Å². The number of ether oxygens (including phenoxy) is 6. The summed E-state index contributed by atoms with van der Waals surface area (Å²) in [5.74, 6) is 0. The van der Waals surface area contributed by atoms with Crippen molar-refractivity contribution in [2.75, 3.05) is 19.8 Å². The highest BCUT2D eigenvalue weighted by molar-refractivity contribution is 4.92. The summed E-state index contributed by atoms with van der Waals surface area (Å²) >= 11 is 0. The molecular weight excluding hydrogens is 488 g/mol. The number of aliphatic hydroxyl groups is 4. The highest BCUT2D eigenvalue weighted by Gasteiger charge is 2.48. The van der Waals surface area contributed by atoms with Gasteiger partial charge in [-0.25, -0.2) is 0 Å². The Labute approximate surface area is 220 Å². The second-order valence-corrected chi connectivity index (χ2v) is 10.2. The number of hydrogen-bond acceptors (Lipinski definition) is 12. The molecule has 12 nitrogen and oxygen atoms in total. The second-order valence-electron chi connectivity index (χ2n) is 10.2. The van der Waals surface area contributed by atoms with Crippen LogP contribution in [0, 0.1) is 0 Å². The summed E-state index contributed by atoms with van der Waals surface area (Å²) in [5.41, 5.74) is 10.7. The fraction of sp³-hybridized carbons (Fsp3) is 1.00. The molecule has 11 unspecified atom stereocenters. The van der Waals surface area contributed by atoms with Gasteiger partial charge in [0.05, 0.1) is 25.9 Å². The number of nitrogens with two attached hydrogens (primary N) is 2. The van der Waals surface area contributed by atoms with E-state index in [1.54, 1.807) is 6.92 Å². The molecule has 0 spiro atoms. The third kappa shape index (κ3) is 8.75. The topological polar surface area (TPSA) is 188 Å². The van der Waals surface area contributed by atoms with Crippen molar-refractivity contribution in [1.82, 2.24) is 0 Å². The van der Waals surface area contributed by atoms with Gasteiger partial charge in [-0.15, -0.1) is 0 Å². The van der Waals surface area contributed by atoms with Gasteiger partial charge in [0.25, 0.3) is 0 Å². The van der Waals surface area contributed by atoms with Crippen LogP contribution < -0.4 is 11.5 Å². The predicted molar refractivity (Wildman–Crippen MR) is 134 cm³/mol. The maximum Gasteiger partial charge on any atom is 0.188 e. The molecule has 0 aromatic rings. The van der Waals surface area contributed by atoms with Gasteiger partial charge in [-0.2, -0.15) is 0 Å². The minimum atomic E-state index is -1.39. The number of aliphatic hydroxyl groups excluding tert-OH is 4. The fourth-order valence-electron chi connectivity index (χ4n) is 4.59.